The van der Waals surface area contributed by atoms with E-state index in [0.29, 0.717) is 6.73 Å². The third-order valence-corrected chi connectivity index (χ3v) is 2.90. The number of ether oxygens (including phenoxy) is 2. The van der Waals surface area contributed by atoms with E-state index in [1.807, 2.05) is 24.3 Å². The zero-order chi connectivity index (χ0) is 11.2. The summed E-state index contributed by atoms with van der Waals surface area (Å²) in [6.45, 7) is 3.00. The predicted octanol–water partition coefficient (Wildman–Crippen LogP) is 2.52. The molecule has 0 saturated carbocycles. The lowest BCUT2D eigenvalue weighted by atomic mass is 10.1. The summed E-state index contributed by atoms with van der Waals surface area (Å²) >= 11 is 0. The zero-order valence-electron chi connectivity index (χ0n) is 9.82. The van der Waals surface area contributed by atoms with E-state index in [4.69, 9.17) is 9.47 Å². The van der Waals surface area contributed by atoms with Crippen molar-refractivity contribution < 1.29 is 9.47 Å². The summed E-state index contributed by atoms with van der Waals surface area (Å²) in [7, 11) is 1.67. The highest BCUT2D eigenvalue weighted by molar-refractivity contribution is 5.32. The van der Waals surface area contributed by atoms with Gasteiger partial charge in [0, 0.05) is 19.2 Å². The number of methoxy groups -OCH3 is 1. The molecule has 3 heteroatoms. The SMILES string of the molecule is COc1cccc(OCN2CCCCC2)c1. The minimum Gasteiger partial charge on any atom is -0.497 e. The minimum atomic E-state index is 0.688. The molecule has 0 atom stereocenters. The van der Waals surface area contributed by atoms with Crippen LogP contribution in [0.15, 0.2) is 24.3 Å². The Balaban J connectivity index is 1.83. The van der Waals surface area contributed by atoms with Crippen LogP contribution in [0, 0.1) is 0 Å². The van der Waals surface area contributed by atoms with Crippen LogP contribution in [0.25, 0.3) is 0 Å². The van der Waals surface area contributed by atoms with E-state index in [1.54, 1.807) is 7.11 Å². The fraction of sp³-hybridized carbons (Fsp3) is 0.538. The van der Waals surface area contributed by atoms with Crippen LogP contribution in [-0.4, -0.2) is 31.8 Å². The van der Waals surface area contributed by atoms with Crippen molar-refractivity contribution >= 4 is 0 Å². The largest absolute Gasteiger partial charge is 0.497 e. The minimum absolute atomic E-state index is 0.688. The molecule has 0 N–H and O–H groups in total. The van der Waals surface area contributed by atoms with Crippen LogP contribution >= 0.6 is 0 Å². The van der Waals surface area contributed by atoms with Crippen LogP contribution in [0.1, 0.15) is 19.3 Å². The van der Waals surface area contributed by atoms with E-state index in [0.717, 1.165) is 24.6 Å². The Bertz CT molecular complexity index is 321. The maximum Gasteiger partial charge on any atom is 0.142 e. The average Bonchev–Trinajstić information content (AvgIpc) is 2.38. The fourth-order valence-corrected chi connectivity index (χ4v) is 1.95. The Hall–Kier alpha value is -1.22. The topological polar surface area (TPSA) is 21.7 Å². The van der Waals surface area contributed by atoms with Gasteiger partial charge in [-0.25, -0.2) is 0 Å². The Kier molecular flexibility index (Phi) is 4.05. The second kappa shape index (κ2) is 5.75. The van der Waals surface area contributed by atoms with Crippen molar-refractivity contribution in [2.24, 2.45) is 0 Å². The summed E-state index contributed by atoms with van der Waals surface area (Å²) in [5.41, 5.74) is 0. The number of rotatable bonds is 4. The quantitative estimate of drug-likeness (QED) is 0.779. The maximum atomic E-state index is 5.73. The molecule has 88 valence electrons. The normalized spacial score (nSPS) is 17.1. The fourth-order valence-electron chi connectivity index (χ4n) is 1.95. The number of hydrogen-bond acceptors (Lipinski definition) is 3. The van der Waals surface area contributed by atoms with E-state index in [-0.39, 0.29) is 0 Å². The molecule has 16 heavy (non-hydrogen) atoms. The molecule has 0 amide bonds. The van der Waals surface area contributed by atoms with E-state index in [2.05, 4.69) is 4.90 Å². The van der Waals surface area contributed by atoms with Crippen molar-refractivity contribution in [2.45, 2.75) is 19.3 Å². The van der Waals surface area contributed by atoms with Crippen LogP contribution < -0.4 is 9.47 Å². The predicted molar refractivity (Wildman–Crippen MR) is 63.9 cm³/mol. The first-order chi connectivity index (χ1) is 7.88. The molecule has 1 aromatic carbocycles. The molecule has 2 rings (SSSR count). The monoisotopic (exact) mass is 221 g/mol. The first-order valence-corrected chi connectivity index (χ1v) is 5.88. The van der Waals surface area contributed by atoms with E-state index < -0.39 is 0 Å². The molecule has 3 nitrogen and oxygen atoms in total. The highest BCUT2D eigenvalue weighted by Crippen LogP contribution is 2.19. The van der Waals surface area contributed by atoms with Gasteiger partial charge in [-0.1, -0.05) is 12.5 Å². The molecule has 1 saturated heterocycles. The lowest BCUT2D eigenvalue weighted by Gasteiger charge is -2.26. The van der Waals surface area contributed by atoms with Crippen molar-refractivity contribution in [1.82, 2.24) is 4.90 Å². The molecule has 1 aromatic rings. The van der Waals surface area contributed by atoms with Gasteiger partial charge in [-0.2, -0.15) is 0 Å². The van der Waals surface area contributed by atoms with Gasteiger partial charge in [-0.15, -0.1) is 0 Å². The van der Waals surface area contributed by atoms with Gasteiger partial charge >= 0.3 is 0 Å². The maximum absolute atomic E-state index is 5.73. The molecule has 0 aromatic heterocycles. The average molecular weight is 221 g/mol. The van der Waals surface area contributed by atoms with Crippen LogP contribution in [0.3, 0.4) is 0 Å². The van der Waals surface area contributed by atoms with Crippen LogP contribution in [0.2, 0.25) is 0 Å². The van der Waals surface area contributed by atoms with Crippen LogP contribution in [0.5, 0.6) is 11.5 Å². The molecule has 0 radical (unpaired) electrons. The summed E-state index contributed by atoms with van der Waals surface area (Å²) in [5.74, 6) is 1.72. The van der Waals surface area contributed by atoms with E-state index >= 15 is 0 Å². The highest BCUT2D eigenvalue weighted by Gasteiger charge is 2.10. The summed E-state index contributed by atoms with van der Waals surface area (Å²) in [6.07, 6.45) is 3.94. The number of hydrogen-bond donors (Lipinski definition) is 0. The molecule has 0 bridgehead atoms. The Labute approximate surface area is 97.0 Å². The van der Waals surface area contributed by atoms with E-state index in [1.165, 1.54) is 19.3 Å². The van der Waals surface area contributed by atoms with Gasteiger partial charge in [-0.05, 0) is 25.0 Å². The molecule has 1 aliphatic rings. The van der Waals surface area contributed by atoms with Gasteiger partial charge < -0.3 is 9.47 Å². The summed E-state index contributed by atoms with van der Waals surface area (Å²) in [5, 5.41) is 0. The van der Waals surface area contributed by atoms with Gasteiger partial charge in [0.25, 0.3) is 0 Å². The van der Waals surface area contributed by atoms with Crippen LogP contribution in [-0.2, 0) is 0 Å². The van der Waals surface area contributed by atoms with E-state index in [9.17, 15) is 0 Å². The van der Waals surface area contributed by atoms with Crippen molar-refractivity contribution in [3.63, 3.8) is 0 Å². The zero-order valence-corrected chi connectivity index (χ0v) is 9.82. The first-order valence-electron chi connectivity index (χ1n) is 5.88. The van der Waals surface area contributed by atoms with Crippen molar-refractivity contribution in [2.75, 3.05) is 26.9 Å². The van der Waals surface area contributed by atoms with Gasteiger partial charge in [0.05, 0.1) is 7.11 Å². The van der Waals surface area contributed by atoms with Crippen molar-refractivity contribution in [3.8, 4) is 11.5 Å². The molecular formula is C13H19NO2. The lowest BCUT2D eigenvalue weighted by Crippen LogP contribution is -2.33. The van der Waals surface area contributed by atoms with Gasteiger partial charge in [-0.3, -0.25) is 4.90 Å². The van der Waals surface area contributed by atoms with Crippen molar-refractivity contribution in [3.05, 3.63) is 24.3 Å². The van der Waals surface area contributed by atoms with Crippen molar-refractivity contribution in [1.29, 1.82) is 0 Å². The first kappa shape index (κ1) is 11.3. The number of nitrogens with zero attached hydrogens (tertiary/aromatic N) is 1. The van der Waals surface area contributed by atoms with Crippen LogP contribution in [0.4, 0.5) is 0 Å². The molecule has 1 fully saturated rings. The molecule has 0 spiro atoms. The third-order valence-electron chi connectivity index (χ3n) is 2.90. The molecule has 1 aliphatic heterocycles. The number of piperidine rings is 1. The lowest BCUT2D eigenvalue weighted by molar-refractivity contribution is 0.106. The highest BCUT2D eigenvalue weighted by atomic mass is 16.5. The summed E-state index contributed by atoms with van der Waals surface area (Å²) in [6, 6.07) is 7.76. The number of benzene rings is 1. The smallest absolute Gasteiger partial charge is 0.142 e. The molecular weight excluding hydrogens is 202 g/mol. The molecule has 0 unspecified atom stereocenters. The standard InChI is InChI=1S/C13H19NO2/c1-15-12-6-5-7-13(10-12)16-11-14-8-3-2-4-9-14/h5-7,10H,2-4,8-9,11H2,1H3. The van der Waals surface area contributed by atoms with Gasteiger partial charge in [0.2, 0.25) is 0 Å². The Morgan fingerprint density at radius 2 is 1.88 bits per heavy atom. The summed E-state index contributed by atoms with van der Waals surface area (Å²) in [4.78, 5) is 2.35. The second-order valence-corrected chi connectivity index (χ2v) is 4.13. The Morgan fingerprint density at radius 3 is 2.62 bits per heavy atom. The van der Waals surface area contributed by atoms with Gasteiger partial charge in [0.1, 0.15) is 18.2 Å². The molecule has 1 heterocycles. The second-order valence-electron chi connectivity index (χ2n) is 4.13. The van der Waals surface area contributed by atoms with Gasteiger partial charge in [0.15, 0.2) is 0 Å². The molecule has 0 aliphatic carbocycles. The summed E-state index contributed by atoms with van der Waals surface area (Å²) < 4.78 is 10.9. The third kappa shape index (κ3) is 3.14. The number of likely N-dealkylation sites (tertiary alicyclic amines) is 1. The Morgan fingerprint density at radius 1 is 1.12 bits per heavy atom.